The molecule has 1 aliphatic heterocycles. The first-order valence-electron chi connectivity index (χ1n) is 8.65. The molecular weight excluding hydrogens is 364 g/mol. The molecule has 1 aromatic carbocycles. The van der Waals surface area contributed by atoms with Crippen LogP contribution in [0.4, 0.5) is 16.3 Å². The summed E-state index contributed by atoms with van der Waals surface area (Å²) >= 11 is 0. The van der Waals surface area contributed by atoms with Crippen LogP contribution in [0.3, 0.4) is 0 Å². The van der Waals surface area contributed by atoms with E-state index in [9.17, 15) is 14.4 Å². The van der Waals surface area contributed by atoms with Crippen LogP contribution in [0.15, 0.2) is 42.5 Å². The van der Waals surface area contributed by atoms with E-state index >= 15 is 0 Å². The van der Waals surface area contributed by atoms with Gasteiger partial charge in [-0.1, -0.05) is 18.2 Å². The molecular formula is C19H20N4O5. The van der Waals surface area contributed by atoms with Gasteiger partial charge in [0.2, 0.25) is 0 Å². The highest BCUT2D eigenvalue weighted by Crippen LogP contribution is 2.30. The number of aromatic nitrogens is 1. The highest BCUT2D eigenvalue weighted by Gasteiger charge is 2.27. The summed E-state index contributed by atoms with van der Waals surface area (Å²) in [6.45, 7) is 2.09. The normalized spacial score (nSPS) is 13.6. The number of carbonyl (C=O) groups is 3. The smallest absolute Gasteiger partial charge is 0.328 e. The van der Waals surface area contributed by atoms with Crippen molar-refractivity contribution in [3.63, 3.8) is 0 Å². The van der Waals surface area contributed by atoms with Crippen molar-refractivity contribution < 1.29 is 23.9 Å². The highest BCUT2D eigenvalue weighted by atomic mass is 16.5. The van der Waals surface area contributed by atoms with E-state index < -0.39 is 17.9 Å². The summed E-state index contributed by atoms with van der Waals surface area (Å²) in [5, 5.41) is 5.29. The molecule has 9 heteroatoms. The third kappa shape index (κ3) is 4.20. The molecule has 1 aromatic heterocycles. The lowest BCUT2D eigenvalue weighted by Gasteiger charge is -2.28. The number of methoxy groups -OCH3 is 1. The molecule has 2 aromatic rings. The zero-order valence-corrected chi connectivity index (χ0v) is 15.5. The Bertz CT molecular complexity index is 887. The van der Waals surface area contributed by atoms with Crippen molar-refractivity contribution >= 4 is 29.4 Å². The van der Waals surface area contributed by atoms with E-state index in [1.54, 1.807) is 18.2 Å². The third-order valence-corrected chi connectivity index (χ3v) is 4.07. The van der Waals surface area contributed by atoms with Gasteiger partial charge < -0.3 is 20.1 Å². The van der Waals surface area contributed by atoms with Crippen molar-refractivity contribution in [3.8, 4) is 5.75 Å². The van der Waals surface area contributed by atoms with Gasteiger partial charge in [-0.15, -0.1) is 0 Å². The number of pyridine rings is 1. The van der Waals surface area contributed by atoms with Crippen LogP contribution in [0.5, 0.6) is 5.75 Å². The maximum Gasteiger partial charge on any atom is 0.328 e. The molecule has 0 radical (unpaired) electrons. The minimum absolute atomic E-state index is 0.0533. The Morgan fingerprint density at radius 3 is 2.64 bits per heavy atom. The summed E-state index contributed by atoms with van der Waals surface area (Å²) in [6, 6.07) is 10.8. The van der Waals surface area contributed by atoms with Gasteiger partial charge in [0.05, 0.1) is 13.7 Å². The average molecular weight is 384 g/mol. The quantitative estimate of drug-likeness (QED) is 0.778. The first kappa shape index (κ1) is 19.2. The number of hydrogen-bond donors (Lipinski definition) is 2. The van der Waals surface area contributed by atoms with Crippen LogP contribution in [0.25, 0.3) is 0 Å². The minimum atomic E-state index is -0.830. The summed E-state index contributed by atoms with van der Waals surface area (Å²) in [7, 11) is 1.24. The molecule has 2 N–H and O–H groups in total. The Balaban J connectivity index is 1.80. The summed E-state index contributed by atoms with van der Waals surface area (Å²) in [5.74, 6) is -0.502. The molecule has 28 heavy (non-hydrogen) atoms. The topological polar surface area (TPSA) is 110 Å². The van der Waals surface area contributed by atoms with E-state index in [1.165, 1.54) is 25.0 Å². The standard InChI is InChI=1S/C19H20N4O5/c1-12(18(25)27-2)20-17(24)14-8-9-15-16(22-14)23(10-11-28-15)19(26)21-13-6-4-3-5-7-13/h3-9,12H,10-11H2,1-2H3,(H,20,24)(H,21,26). The predicted octanol–water partition coefficient (Wildman–Crippen LogP) is 1.80. The largest absolute Gasteiger partial charge is 0.488 e. The maximum absolute atomic E-state index is 12.7. The van der Waals surface area contributed by atoms with Gasteiger partial charge in [0.1, 0.15) is 18.3 Å². The van der Waals surface area contributed by atoms with Crippen LogP contribution in [0.2, 0.25) is 0 Å². The number of esters is 1. The molecule has 2 heterocycles. The van der Waals surface area contributed by atoms with Gasteiger partial charge in [-0.05, 0) is 31.2 Å². The Labute approximate surface area is 161 Å². The van der Waals surface area contributed by atoms with Crippen LogP contribution >= 0.6 is 0 Å². The lowest BCUT2D eigenvalue weighted by molar-refractivity contribution is -0.142. The summed E-state index contributed by atoms with van der Waals surface area (Å²) in [6.07, 6.45) is 0. The molecule has 1 aliphatic rings. The number of para-hydroxylation sites is 1. The van der Waals surface area contributed by atoms with Crippen molar-refractivity contribution in [3.05, 3.63) is 48.2 Å². The number of benzene rings is 1. The summed E-state index contributed by atoms with van der Waals surface area (Å²) in [4.78, 5) is 42.2. The molecule has 1 atom stereocenters. The fraction of sp³-hybridized carbons (Fsp3) is 0.263. The first-order chi connectivity index (χ1) is 13.5. The molecule has 0 saturated heterocycles. The number of nitrogens with one attached hydrogen (secondary N) is 2. The molecule has 1 unspecified atom stereocenters. The second-order valence-electron chi connectivity index (χ2n) is 6.03. The Morgan fingerprint density at radius 2 is 1.93 bits per heavy atom. The molecule has 0 spiro atoms. The number of rotatable bonds is 4. The molecule has 3 amide bonds. The van der Waals surface area contributed by atoms with Gasteiger partial charge in [-0.3, -0.25) is 9.69 Å². The van der Waals surface area contributed by atoms with Crippen molar-refractivity contribution in [2.45, 2.75) is 13.0 Å². The van der Waals surface area contributed by atoms with E-state index in [1.807, 2.05) is 18.2 Å². The molecule has 0 bridgehead atoms. The minimum Gasteiger partial charge on any atom is -0.488 e. The number of hydrogen-bond acceptors (Lipinski definition) is 6. The number of nitrogens with zero attached hydrogens (tertiary/aromatic N) is 2. The molecule has 0 aliphatic carbocycles. The van der Waals surface area contributed by atoms with Gasteiger partial charge in [0.25, 0.3) is 5.91 Å². The maximum atomic E-state index is 12.7. The number of urea groups is 1. The molecule has 0 saturated carbocycles. The van der Waals surface area contributed by atoms with Crippen molar-refractivity contribution in [2.24, 2.45) is 0 Å². The fourth-order valence-electron chi connectivity index (χ4n) is 2.64. The number of ether oxygens (including phenoxy) is 2. The second-order valence-corrected chi connectivity index (χ2v) is 6.03. The van der Waals surface area contributed by atoms with E-state index in [0.29, 0.717) is 18.0 Å². The average Bonchev–Trinajstić information content (AvgIpc) is 2.72. The van der Waals surface area contributed by atoms with Crippen LogP contribution < -0.4 is 20.3 Å². The van der Waals surface area contributed by atoms with E-state index in [0.717, 1.165) is 0 Å². The van der Waals surface area contributed by atoms with Gasteiger partial charge in [0, 0.05) is 5.69 Å². The highest BCUT2D eigenvalue weighted by molar-refractivity contribution is 6.03. The van der Waals surface area contributed by atoms with Gasteiger partial charge in [-0.2, -0.15) is 0 Å². The number of fused-ring (bicyclic) bond motifs is 1. The fourth-order valence-corrected chi connectivity index (χ4v) is 2.64. The monoisotopic (exact) mass is 384 g/mol. The van der Waals surface area contributed by atoms with Crippen molar-refractivity contribution in [1.82, 2.24) is 10.3 Å². The Morgan fingerprint density at radius 1 is 1.18 bits per heavy atom. The van der Waals surface area contributed by atoms with Crippen LogP contribution in [0.1, 0.15) is 17.4 Å². The summed E-state index contributed by atoms with van der Waals surface area (Å²) < 4.78 is 10.1. The zero-order valence-electron chi connectivity index (χ0n) is 15.5. The van der Waals surface area contributed by atoms with Gasteiger partial charge in [0.15, 0.2) is 11.6 Å². The summed E-state index contributed by atoms with van der Waals surface area (Å²) in [5.41, 5.74) is 0.693. The van der Waals surface area contributed by atoms with E-state index in [4.69, 9.17) is 4.74 Å². The van der Waals surface area contributed by atoms with E-state index in [-0.39, 0.29) is 24.1 Å². The van der Waals surface area contributed by atoms with Gasteiger partial charge in [-0.25, -0.2) is 14.6 Å². The Hall–Kier alpha value is -3.62. The van der Waals surface area contributed by atoms with E-state index in [2.05, 4.69) is 20.4 Å². The number of carbonyl (C=O) groups excluding carboxylic acids is 3. The third-order valence-electron chi connectivity index (χ3n) is 4.07. The predicted molar refractivity (Wildman–Crippen MR) is 101 cm³/mol. The Kier molecular flexibility index (Phi) is 5.73. The number of amides is 3. The molecule has 146 valence electrons. The van der Waals surface area contributed by atoms with Gasteiger partial charge >= 0.3 is 12.0 Å². The van der Waals surface area contributed by atoms with Crippen LogP contribution in [-0.2, 0) is 9.53 Å². The lowest BCUT2D eigenvalue weighted by atomic mass is 10.2. The van der Waals surface area contributed by atoms with Crippen LogP contribution in [0, 0.1) is 0 Å². The second kappa shape index (κ2) is 8.38. The van der Waals surface area contributed by atoms with Crippen molar-refractivity contribution in [1.29, 1.82) is 0 Å². The SMILES string of the molecule is COC(=O)C(C)NC(=O)c1ccc2c(n1)N(C(=O)Nc1ccccc1)CCO2. The molecule has 0 fully saturated rings. The molecule has 9 nitrogen and oxygen atoms in total. The van der Waals surface area contributed by atoms with Crippen molar-refractivity contribution in [2.75, 3.05) is 30.5 Å². The number of anilines is 2. The first-order valence-corrected chi connectivity index (χ1v) is 8.65. The van der Waals surface area contributed by atoms with Crippen LogP contribution in [-0.4, -0.2) is 49.2 Å². The molecule has 3 rings (SSSR count). The zero-order chi connectivity index (χ0) is 20.1. The lowest BCUT2D eigenvalue weighted by Crippen LogP contribution is -2.42.